The van der Waals surface area contributed by atoms with Crippen molar-refractivity contribution in [3.8, 4) is 0 Å². The quantitative estimate of drug-likeness (QED) is 0.870. The van der Waals surface area contributed by atoms with Crippen molar-refractivity contribution in [2.75, 3.05) is 13.1 Å². The molecule has 3 heteroatoms. The normalized spacial score (nSPS) is 27.7. The molecule has 1 saturated heterocycles. The van der Waals surface area contributed by atoms with Gasteiger partial charge < -0.3 is 9.88 Å². The molecule has 1 aliphatic heterocycles. The number of nitrogens with one attached hydrogen (secondary N) is 1. The summed E-state index contributed by atoms with van der Waals surface area (Å²) >= 11 is 0. The van der Waals surface area contributed by atoms with E-state index >= 15 is 0 Å². The van der Waals surface area contributed by atoms with Gasteiger partial charge in [0.2, 0.25) is 0 Å². The van der Waals surface area contributed by atoms with Crippen molar-refractivity contribution in [2.45, 2.75) is 56.9 Å². The molecule has 1 atom stereocenters. The monoisotopic (exact) mass is 233 g/mol. The number of rotatable bonds is 3. The third-order valence-corrected chi connectivity index (χ3v) is 4.84. The molecule has 1 unspecified atom stereocenters. The summed E-state index contributed by atoms with van der Waals surface area (Å²) < 4.78 is 2.51. The Morgan fingerprint density at radius 2 is 2.35 bits per heavy atom. The van der Waals surface area contributed by atoms with E-state index in [1.807, 2.05) is 0 Å². The van der Waals surface area contributed by atoms with Crippen molar-refractivity contribution in [3.05, 3.63) is 18.2 Å². The predicted molar refractivity (Wildman–Crippen MR) is 69.2 cm³/mol. The summed E-state index contributed by atoms with van der Waals surface area (Å²) in [6.07, 6.45) is 12.1. The molecule has 1 saturated carbocycles. The molecule has 2 heterocycles. The standard InChI is InChI=1S/C14H23N3/c1-2-14(6-4-7-14)17-11-16-10-13(17)12-5-3-8-15-9-12/h10-12,15H,2-9H2,1H3. The molecule has 0 amide bonds. The van der Waals surface area contributed by atoms with Gasteiger partial charge in [0.1, 0.15) is 0 Å². The molecule has 0 radical (unpaired) electrons. The number of nitrogens with zero attached hydrogens (tertiary/aromatic N) is 2. The molecular weight excluding hydrogens is 210 g/mol. The number of hydrogen-bond acceptors (Lipinski definition) is 2. The first-order valence-electron chi connectivity index (χ1n) is 7.09. The summed E-state index contributed by atoms with van der Waals surface area (Å²) in [6, 6.07) is 0. The van der Waals surface area contributed by atoms with E-state index in [0.717, 1.165) is 6.54 Å². The van der Waals surface area contributed by atoms with Crippen LogP contribution in [0.1, 0.15) is 57.1 Å². The summed E-state index contributed by atoms with van der Waals surface area (Å²) in [7, 11) is 0. The topological polar surface area (TPSA) is 29.9 Å². The minimum atomic E-state index is 0.406. The lowest BCUT2D eigenvalue weighted by molar-refractivity contribution is 0.129. The van der Waals surface area contributed by atoms with E-state index in [4.69, 9.17) is 0 Å². The first kappa shape index (κ1) is 11.3. The molecule has 1 N–H and O–H groups in total. The molecule has 0 bridgehead atoms. The lowest BCUT2D eigenvalue weighted by Crippen LogP contribution is -2.42. The Morgan fingerprint density at radius 3 is 2.94 bits per heavy atom. The number of aromatic nitrogens is 2. The number of imidazole rings is 1. The van der Waals surface area contributed by atoms with E-state index in [2.05, 4.69) is 34.3 Å². The summed E-state index contributed by atoms with van der Waals surface area (Å²) in [5.41, 5.74) is 1.88. The van der Waals surface area contributed by atoms with Gasteiger partial charge >= 0.3 is 0 Å². The Balaban J connectivity index is 1.87. The first-order chi connectivity index (χ1) is 8.36. The average Bonchev–Trinajstić information content (AvgIpc) is 2.79. The van der Waals surface area contributed by atoms with Crippen molar-refractivity contribution in [2.24, 2.45) is 0 Å². The van der Waals surface area contributed by atoms with Gasteiger partial charge in [0, 0.05) is 29.9 Å². The number of hydrogen-bond donors (Lipinski definition) is 1. The molecule has 3 rings (SSSR count). The highest BCUT2D eigenvalue weighted by molar-refractivity contribution is 5.13. The first-order valence-corrected chi connectivity index (χ1v) is 7.09. The molecule has 94 valence electrons. The zero-order valence-corrected chi connectivity index (χ0v) is 10.8. The van der Waals surface area contributed by atoms with Crippen LogP contribution in [0.2, 0.25) is 0 Å². The second-order valence-electron chi connectivity index (χ2n) is 5.66. The van der Waals surface area contributed by atoms with Gasteiger partial charge in [-0.25, -0.2) is 4.98 Å². The van der Waals surface area contributed by atoms with Gasteiger partial charge in [0.05, 0.1) is 6.33 Å². The van der Waals surface area contributed by atoms with Gasteiger partial charge in [-0.15, -0.1) is 0 Å². The summed E-state index contributed by atoms with van der Waals surface area (Å²) in [6.45, 7) is 4.64. The predicted octanol–water partition coefficient (Wildman–Crippen LogP) is 2.64. The molecule has 0 aromatic carbocycles. The second-order valence-corrected chi connectivity index (χ2v) is 5.66. The molecule has 2 fully saturated rings. The van der Waals surface area contributed by atoms with Crippen molar-refractivity contribution in [3.63, 3.8) is 0 Å². The van der Waals surface area contributed by atoms with Crippen molar-refractivity contribution >= 4 is 0 Å². The Hall–Kier alpha value is -0.830. The third kappa shape index (κ3) is 1.81. The minimum absolute atomic E-state index is 0.406. The maximum atomic E-state index is 4.43. The van der Waals surface area contributed by atoms with Crippen molar-refractivity contribution < 1.29 is 0 Å². The van der Waals surface area contributed by atoms with Gasteiger partial charge in [-0.2, -0.15) is 0 Å². The van der Waals surface area contributed by atoms with Gasteiger partial charge in [0.15, 0.2) is 0 Å². The van der Waals surface area contributed by atoms with Gasteiger partial charge in [-0.1, -0.05) is 6.92 Å². The van der Waals surface area contributed by atoms with Crippen LogP contribution in [0.25, 0.3) is 0 Å². The largest absolute Gasteiger partial charge is 0.328 e. The zero-order chi connectivity index (χ0) is 11.7. The molecular formula is C14H23N3. The average molecular weight is 233 g/mol. The summed E-state index contributed by atoms with van der Waals surface area (Å²) in [5, 5.41) is 3.51. The Labute approximate surface area is 104 Å². The Bertz CT molecular complexity index is 367. The maximum absolute atomic E-state index is 4.43. The highest BCUT2D eigenvalue weighted by Crippen LogP contribution is 2.44. The minimum Gasteiger partial charge on any atom is -0.328 e. The van der Waals surface area contributed by atoms with Gasteiger partial charge in [0.25, 0.3) is 0 Å². The van der Waals surface area contributed by atoms with Crippen LogP contribution in [0, 0.1) is 0 Å². The van der Waals surface area contributed by atoms with Crippen LogP contribution in [-0.4, -0.2) is 22.6 Å². The smallest absolute Gasteiger partial charge is 0.0953 e. The van der Waals surface area contributed by atoms with E-state index < -0.39 is 0 Å². The van der Waals surface area contributed by atoms with Crippen LogP contribution in [-0.2, 0) is 5.54 Å². The van der Waals surface area contributed by atoms with Gasteiger partial charge in [-0.3, -0.25) is 0 Å². The fraction of sp³-hybridized carbons (Fsp3) is 0.786. The fourth-order valence-electron chi connectivity index (χ4n) is 3.46. The van der Waals surface area contributed by atoms with Crippen LogP contribution in [0.5, 0.6) is 0 Å². The molecule has 0 spiro atoms. The Kier molecular flexibility index (Phi) is 2.95. The van der Waals surface area contributed by atoms with Gasteiger partial charge in [-0.05, 0) is 45.1 Å². The molecule has 1 aromatic rings. The lowest BCUT2D eigenvalue weighted by atomic mass is 9.74. The highest BCUT2D eigenvalue weighted by atomic mass is 15.1. The molecule has 1 aliphatic carbocycles. The van der Waals surface area contributed by atoms with Crippen LogP contribution in [0.15, 0.2) is 12.5 Å². The van der Waals surface area contributed by atoms with Crippen LogP contribution < -0.4 is 5.32 Å². The third-order valence-electron chi connectivity index (χ3n) is 4.84. The van der Waals surface area contributed by atoms with Crippen LogP contribution in [0.4, 0.5) is 0 Å². The molecule has 1 aromatic heterocycles. The molecule has 17 heavy (non-hydrogen) atoms. The van der Waals surface area contributed by atoms with E-state index in [0.29, 0.717) is 11.5 Å². The SMILES string of the molecule is CCC1(n2cncc2C2CCCNC2)CCC1. The van der Waals surface area contributed by atoms with E-state index in [-0.39, 0.29) is 0 Å². The summed E-state index contributed by atoms with van der Waals surface area (Å²) in [5.74, 6) is 0.676. The fourth-order valence-corrected chi connectivity index (χ4v) is 3.46. The molecule has 3 nitrogen and oxygen atoms in total. The Morgan fingerprint density at radius 1 is 1.47 bits per heavy atom. The zero-order valence-electron chi connectivity index (χ0n) is 10.8. The summed E-state index contributed by atoms with van der Waals surface area (Å²) in [4.78, 5) is 4.43. The maximum Gasteiger partial charge on any atom is 0.0953 e. The van der Waals surface area contributed by atoms with E-state index in [1.165, 1.54) is 50.8 Å². The number of piperidine rings is 1. The van der Waals surface area contributed by atoms with E-state index in [1.54, 1.807) is 0 Å². The highest BCUT2D eigenvalue weighted by Gasteiger charge is 2.38. The lowest BCUT2D eigenvalue weighted by Gasteiger charge is -2.44. The van der Waals surface area contributed by atoms with Crippen LogP contribution >= 0.6 is 0 Å². The van der Waals surface area contributed by atoms with E-state index in [9.17, 15) is 0 Å². The second kappa shape index (κ2) is 4.45. The van der Waals surface area contributed by atoms with Crippen LogP contribution in [0.3, 0.4) is 0 Å². The van der Waals surface area contributed by atoms with Crippen molar-refractivity contribution in [1.82, 2.24) is 14.9 Å². The molecule has 2 aliphatic rings. The van der Waals surface area contributed by atoms with Crippen molar-refractivity contribution in [1.29, 1.82) is 0 Å².